The number of alkyl halides is 3. The third kappa shape index (κ3) is 5.28. The first-order valence-corrected chi connectivity index (χ1v) is 8.99. The van der Waals surface area contributed by atoms with Gasteiger partial charge in [0.1, 0.15) is 12.2 Å². The molecule has 0 aliphatic carbocycles. The standard InChI is InChI=1S/C20H19F3N6O/c1-12-6-15(8-17(7-12)20(21,22)23)19-26-11-29(28-19)5-4-18(30)27-13(2)16-9-24-14(3)25-10-16/h4-11,13H,1-3H3,(H,27,30)/b5-4-. The van der Waals surface area contributed by atoms with Crippen molar-refractivity contribution in [3.8, 4) is 11.4 Å². The van der Waals surface area contributed by atoms with Crippen molar-refractivity contribution in [2.24, 2.45) is 0 Å². The molecular weight excluding hydrogens is 397 g/mol. The lowest BCUT2D eigenvalue weighted by Gasteiger charge is -2.11. The third-order valence-electron chi connectivity index (χ3n) is 4.21. The Balaban J connectivity index is 1.69. The van der Waals surface area contributed by atoms with E-state index in [4.69, 9.17) is 0 Å². The summed E-state index contributed by atoms with van der Waals surface area (Å²) in [4.78, 5) is 24.3. The Labute approximate surface area is 170 Å². The number of amides is 1. The second-order valence-electron chi connectivity index (χ2n) is 6.74. The molecule has 1 aromatic carbocycles. The second kappa shape index (κ2) is 8.44. The van der Waals surface area contributed by atoms with E-state index in [-0.39, 0.29) is 23.3 Å². The van der Waals surface area contributed by atoms with Gasteiger partial charge in [-0.15, -0.1) is 5.10 Å². The SMILES string of the molecule is Cc1cc(-c2ncn(/C=C\C(=O)NC(C)c3cnc(C)nc3)n2)cc(C(F)(F)F)c1. The second-order valence-corrected chi connectivity index (χ2v) is 6.74. The highest BCUT2D eigenvalue weighted by Gasteiger charge is 2.31. The van der Waals surface area contributed by atoms with Gasteiger partial charge in [-0.05, 0) is 44.5 Å². The summed E-state index contributed by atoms with van der Waals surface area (Å²) < 4.78 is 40.3. The Morgan fingerprint density at radius 1 is 1.13 bits per heavy atom. The maximum absolute atomic E-state index is 13.0. The van der Waals surface area contributed by atoms with Crippen LogP contribution in [0.25, 0.3) is 17.6 Å². The van der Waals surface area contributed by atoms with Gasteiger partial charge in [-0.25, -0.2) is 19.6 Å². The number of nitrogens with one attached hydrogen (secondary N) is 1. The summed E-state index contributed by atoms with van der Waals surface area (Å²) >= 11 is 0. The minimum atomic E-state index is -4.46. The molecule has 0 radical (unpaired) electrons. The van der Waals surface area contributed by atoms with Crippen LogP contribution >= 0.6 is 0 Å². The molecule has 3 rings (SSSR count). The Bertz CT molecular complexity index is 1070. The third-order valence-corrected chi connectivity index (χ3v) is 4.21. The molecule has 2 aromatic heterocycles. The van der Waals surface area contributed by atoms with E-state index >= 15 is 0 Å². The van der Waals surface area contributed by atoms with Crippen molar-refractivity contribution in [2.45, 2.75) is 33.0 Å². The van der Waals surface area contributed by atoms with E-state index in [1.165, 1.54) is 23.3 Å². The van der Waals surface area contributed by atoms with Gasteiger partial charge < -0.3 is 5.32 Å². The van der Waals surface area contributed by atoms with Crippen LogP contribution in [0.4, 0.5) is 13.2 Å². The Morgan fingerprint density at radius 2 is 1.83 bits per heavy atom. The van der Waals surface area contributed by atoms with Crippen molar-refractivity contribution in [3.05, 3.63) is 65.5 Å². The van der Waals surface area contributed by atoms with Crippen LogP contribution in [0.5, 0.6) is 0 Å². The fourth-order valence-corrected chi connectivity index (χ4v) is 2.67. The number of hydrogen-bond acceptors (Lipinski definition) is 5. The molecule has 0 saturated carbocycles. The van der Waals surface area contributed by atoms with Crippen LogP contribution in [0.15, 0.2) is 43.0 Å². The van der Waals surface area contributed by atoms with Gasteiger partial charge in [0, 0.05) is 35.8 Å². The number of nitrogens with zero attached hydrogens (tertiary/aromatic N) is 5. The van der Waals surface area contributed by atoms with E-state index in [0.717, 1.165) is 17.7 Å². The van der Waals surface area contributed by atoms with E-state index in [1.807, 2.05) is 0 Å². The lowest BCUT2D eigenvalue weighted by molar-refractivity contribution is -0.137. The molecule has 0 fully saturated rings. The largest absolute Gasteiger partial charge is 0.416 e. The molecule has 0 aliphatic heterocycles. The van der Waals surface area contributed by atoms with E-state index < -0.39 is 11.7 Å². The normalized spacial score (nSPS) is 12.9. The molecule has 156 valence electrons. The first kappa shape index (κ1) is 21.2. The van der Waals surface area contributed by atoms with Gasteiger partial charge in [0.25, 0.3) is 0 Å². The van der Waals surface area contributed by atoms with Gasteiger partial charge in [-0.1, -0.05) is 0 Å². The molecule has 10 heteroatoms. The minimum Gasteiger partial charge on any atom is -0.346 e. The highest BCUT2D eigenvalue weighted by atomic mass is 19.4. The van der Waals surface area contributed by atoms with Gasteiger partial charge in [0.05, 0.1) is 11.6 Å². The number of aromatic nitrogens is 5. The van der Waals surface area contributed by atoms with Gasteiger partial charge >= 0.3 is 6.18 Å². The quantitative estimate of drug-likeness (QED) is 0.641. The van der Waals surface area contributed by atoms with Crippen LogP contribution in [-0.4, -0.2) is 30.6 Å². The van der Waals surface area contributed by atoms with E-state index in [2.05, 4.69) is 25.4 Å². The number of aryl methyl sites for hydroxylation is 2. The van der Waals surface area contributed by atoms with Crippen molar-refractivity contribution in [1.82, 2.24) is 30.0 Å². The van der Waals surface area contributed by atoms with Gasteiger partial charge in [-0.2, -0.15) is 13.2 Å². The first-order chi connectivity index (χ1) is 14.1. The Kier molecular flexibility index (Phi) is 5.95. The molecule has 0 aliphatic rings. The molecule has 0 spiro atoms. The molecule has 1 atom stereocenters. The van der Waals surface area contributed by atoms with Crippen molar-refractivity contribution in [1.29, 1.82) is 0 Å². The average molecular weight is 416 g/mol. The predicted molar refractivity (Wildman–Crippen MR) is 104 cm³/mol. The number of carbonyl (C=O) groups is 1. The average Bonchev–Trinajstić information content (AvgIpc) is 3.15. The maximum Gasteiger partial charge on any atom is 0.416 e. The van der Waals surface area contributed by atoms with Crippen molar-refractivity contribution in [2.75, 3.05) is 0 Å². The highest BCUT2D eigenvalue weighted by Crippen LogP contribution is 2.32. The summed E-state index contributed by atoms with van der Waals surface area (Å²) in [5.74, 6) is 0.379. The number of hydrogen-bond donors (Lipinski definition) is 1. The van der Waals surface area contributed by atoms with Crippen LogP contribution < -0.4 is 5.32 Å². The lowest BCUT2D eigenvalue weighted by atomic mass is 10.1. The smallest absolute Gasteiger partial charge is 0.346 e. The van der Waals surface area contributed by atoms with Crippen LogP contribution in [0, 0.1) is 13.8 Å². The molecule has 1 unspecified atom stereocenters. The molecule has 1 amide bonds. The number of carbonyl (C=O) groups excluding carboxylic acids is 1. The van der Waals surface area contributed by atoms with Crippen molar-refractivity contribution < 1.29 is 18.0 Å². The molecule has 7 nitrogen and oxygen atoms in total. The molecule has 30 heavy (non-hydrogen) atoms. The van der Waals surface area contributed by atoms with Crippen LogP contribution in [-0.2, 0) is 11.0 Å². The first-order valence-electron chi connectivity index (χ1n) is 8.99. The molecule has 0 bridgehead atoms. The van der Waals surface area contributed by atoms with Gasteiger partial charge in [0.2, 0.25) is 5.91 Å². The predicted octanol–water partition coefficient (Wildman–Crippen LogP) is 3.72. The molecular formula is C20H19F3N6O. The zero-order chi connectivity index (χ0) is 21.9. The molecule has 3 aromatic rings. The summed E-state index contributed by atoms with van der Waals surface area (Å²) in [6, 6.07) is 3.32. The Morgan fingerprint density at radius 3 is 2.50 bits per heavy atom. The van der Waals surface area contributed by atoms with Crippen LogP contribution in [0.3, 0.4) is 0 Å². The lowest BCUT2D eigenvalue weighted by Crippen LogP contribution is -2.25. The number of rotatable bonds is 5. The van der Waals surface area contributed by atoms with Crippen LogP contribution in [0.1, 0.15) is 35.5 Å². The summed E-state index contributed by atoms with van der Waals surface area (Å²) in [7, 11) is 0. The van der Waals surface area contributed by atoms with Gasteiger partial charge in [-0.3, -0.25) is 4.79 Å². The van der Waals surface area contributed by atoms with Crippen LogP contribution in [0.2, 0.25) is 0 Å². The fourth-order valence-electron chi connectivity index (χ4n) is 2.67. The van der Waals surface area contributed by atoms with E-state index in [0.29, 0.717) is 11.4 Å². The highest BCUT2D eigenvalue weighted by molar-refractivity contribution is 5.90. The maximum atomic E-state index is 13.0. The van der Waals surface area contributed by atoms with E-state index in [9.17, 15) is 18.0 Å². The Hall–Kier alpha value is -3.56. The number of halogens is 3. The molecule has 0 saturated heterocycles. The summed E-state index contributed by atoms with van der Waals surface area (Å²) in [6.45, 7) is 5.13. The summed E-state index contributed by atoms with van der Waals surface area (Å²) in [5, 5.41) is 6.88. The summed E-state index contributed by atoms with van der Waals surface area (Å²) in [5.41, 5.74) is 0.676. The fraction of sp³-hybridized carbons (Fsp3) is 0.250. The van der Waals surface area contributed by atoms with E-state index in [1.54, 1.807) is 39.2 Å². The molecule has 1 N–H and O–H groups in total. The van der Waals surface area contributed by atoms with Gasteiger partial charge in [0.15, 0.2) is 5.82 Å². The monoisotopic (exact) mass is 416 g/mol. The minimum absolute atomic E-state index is 0.124. The molecule has 2 heterocycles. The topological polar surface area (TPSA) is 85.6 Å². The summed E-state index contributed by atoms with van der Waals surface area (Å²) in [6.07, 6.45) is 2.74. The van der Waals surface area contributed by atoms with Crippen molar-refractivity contribution >= 4 is 12.1 Å². The zero-order valence-corrected chi connectivity index (χ0v) is 16.5. The number of benzene rings is 1. The zero-order valence-electron chi connectivity index (χ0n) is 16.5. The van der Waals surface area contributed by atoms with Crippen molar-refractivity contribution in [3.63, 3.8) is 0 Å².